The molecule has 3 rings (SSSR count). The SMILES string of the molecule is CCNC(=NCc1ccc(N2CCC(O)CC2)c(F)c1)NCC(C)c1cccs1. The van der Waals surface area contributed by atoms with Crippen molar-refractivity contribution in [3.8, 4) is 0 Å². The van der Waals surface area contributed by atoms with Crippen LogP contribution in [0.4, 0.5) is 10.1 Å². The predicted molar refractivity (Wildman–Crippen MR) is 119 cm³/mol. The number of aliphatic imine (C=N–C) groups is 1. The fourth-order valence-electron chi connectivity index (χ4n) is 3.45. The van der Waals surface area contributed by atoms with Crippen LogP contribution < -0.4 is 15.5 Å². The van der Waals surface area contributed by atoms with E-state index in [1.54, 1.807) is 17.4 Å². The van der Waals surface area contributed by atoms with Crippen LogP contribution in [-0.4, -0.2) is 43.3 Å². The van der Waals surface area contributed by atoms with Gasteiger partial charge in [-0.2, -0.15) is 0 Å². The summed E-state index contributed by atoms with van der Waals surface area (Å²) in [4.78, 5) is 7.97. The van der Waals surface area contributed by atoms with Gasteiger partial charge < -0.3 is 20.6 Å². The van der Waals surface area contributed by atoms with Crippen molar-refractivity contribution in [1.29, 1.82) is 0 Å². The number of nitrogens with one attached hydrogen (secondary N) is 2. The molecule has 1 fully saturated rings. The maximum absolute atomic E-state index is 14.6. The third-order valence-electron chi connectivity index (χ3n) is 5.19. The molecule has 1 unspecified atom stereocenters. The van der Waals surface area contributed by atoms with Crippen LogP contribution in [0.3, 0.4) is 0 Å². The van der Waals surface area contributed by atoms with E-state index in [2.05, 4.69) is 40.1 Å². The molecule has 1 aliphatic heterocycles. The summed E-state index contributed by atoms with van der Waals surface area (Å²) in [5, 5.41) is 18.4. The van der Waals surface area contributed by atoms with Crippen LogP contribution in [0.2, 0.25) is 0 Å². The number of halogens is 1. The number of nitrogens with zero attached hydrogens (tertiary/aromatic N) is 2. The highest BCUT2D eigenvalue weighted by Gasteiger charge is 2.19. The second kappa shape index (κ2) is 10.6. The van der Waals surface area contributed by atoms with E-state index in [0.29, 0.717) is 44.1 Å². The highest BCUT2D eigenvalue weighted by molar-refractivity contribution is 7.10. The van der Waals surface area contributed by atoms with Crippen molar-refractivity contribution in [2.75, 3.05) is 31.1 Å². The minimum atomic E-state index is -0.262. The quantitative estimate of drug-likeness (QED) is 0.474. The summed E-state index contributed by atoms with van der Waals surface area (Å²) in [6, 6.07) is 9.55. The molecule has 1 aliphatic rings. The number of piperidine rings is 1. The van der Waals surface area contributed by atoms with Crippen molar-refractivity contribution < 1.29 is 9.50 Å². The van der Waals surface area contributed by atoms with Crippen molar-refractivity contribution in [2.45, 2.75) is 45.3 Å². The van der Waals surface area contributed by atoms with Crippen LogP contribution in [-0.2, 0) is 6.54 Å². The zero-order valence-electron chi connectivity index (χ0n) is 17.2. The Balaban J connectivity index is 1.59. The molecule has 2 heterocycles. The summed E-state index contributed by atoms with van der Waals surface area (Å²) in [7, 11) is 0. The Morgan fingerprint density at radius 3 is 2.76 bits per heavy atom. The van der Waals surface area contributed by atoms with E-state index < -0.39 is 0 Å². The molecule has 1 atom stereocenters. The smallest absolute Gasteiger partial charge is 0.191 e. The van der Waals surface area contributed by atoms with Crippen LogP contribution >= 0.6 is 11.3 Å². The first kappa shape index (κ1) is 21.6. The number of rotatable bonds is 7. The number of aliphatic hydroxyl groups excluding tert-OH is 1. The summed E-state index contributed by atoms with van der Waals surface area (Å²) >= 11 is 1.76. The molecule has 3 N–H and O–H groups in total. The van der Waals surface area contributed by atoms with Gasteiger partial charge in [-0.3, -0.25) is 0 Å². The fourth-order valence-corrected chi connectivity index (χ4v) is 4.23. The maximum Gasteiger partial charge on any atom is 0.191 e. The predicted octanol–water partition coefficient (Wildman–Crippen LogP) is 3.71. The molecular formula is C22H31FN4OS. The zero-order valence-corrected chi connectivity index (χ0v) is 18.0. The highest BCUT2D eigenvalue weighted by atomic mass is 32.1. The largest absolute Gasteiger partial charge is 0.393 e. The molecule has 0 amide bonds. The Hall–Kier alpha value is -2.12. The van der Waals surface area contributed by atoms with Crippen molar-refractivity contribution in [3.05, 3.63) is 52.0 Å². The fraction of sp³-hybridized carbons (Fsp3) is 0.500. The van der Waals surface area contributed by atoms with Crippen LogP contribution in [0, 0.1) is 5.82 Å². The van der Waals surface area contributed by atoms with E-state index in [1.165, 1.54) is 4.88 Å². The third kappa shape index (κ3) is 6.18. The number of hydrogen-bond donors (Lipinski definition) is 3. The second-order valence-corrected chi connectivity index (χ2v) is 8.48. The average molecular weight is 419 g/mol. The van der Waals surface area contributed by atoms with Gasteiger partial charge in [-0.1, -0.05) is 19.1 Å². The molecule has 1 saturated heterocycles. The van der Waals surface area contributed by atoms with E-state index in [4.69, 9.17) is 0 Å². The lowest BCUT2D eigenvalue weighted by atomic mass is 10.1. The molecule has 5 nitrogen and oxygen atoms in total. The van der Waals surface area contributed by atoms with Crippen molar-refractivity contribution >= 4 is 23.0 Å². The third-order valence-corrected chi connectivity index (χ3v) is 6.29. The van der Waals surface area contributed by atoms with Crippen LogP contribution in [0.15, 0.2) is 40.7 Å². The summed E-state index contributed by atoms with van der Waals surface area (Å²) in [5.41, 5.74) is 1.45. The average Bonchev–Trinajstić information content (AvgIpc) is 3.26. The van der Waals surface area contributed by atoms with Gasteiger partial charge in [0.05, 0.1) is 18.3 Å². The van der Waals surface area contributed by atoms with Crippen molar-refractivity contribution in [1.82, 2.24) is 10.6 Å². The normalized spacial score (nSPS) is 16.7. The monoisotopic (exact) mass is 418 g/mol. The Kier molecular flexibility index (Phi) is 7.89. The number of guanidine groups is 1. The van der Waals surface area contributed by atoms with Gasteiger partial charge in [0.2, 0.25) is 0 Å². The highest BCUT2D eigenvalue weighted by Crippen LogP contribution is 2.24. The topological polar surface area (TPSA) is 59.9 Å². The minimum absolute atomic E-state index is 0.224. The molecule has 29 heavy (non-hydrogen) atoms. The lowest BCUT2D eigenvalue weighted by Crippen LogP contribution is -2.39. The molecule has 7 heteroatoms. The number of aliphatic hydroxyl groups is 1. The molecule has 1 aromatic heterocycles. The van der Waals surface area contributed by atoms with E-state index >= 15 is 0 Å². The van der Waals surface area contributed by atoms with Gasteiger partial charge in [-0.15, -0.1) is 11.3 Å². The number of thiophene rings is 1. The molecule has 0 spiro atoms. The van der Waals surface area contributed by atoms with Crippen LogP contribution in [0.1, 0.15) is 43.0 Å². The lowest BCUT2D eigenvalue weighted by molar-refractivity contribution is 0.145. The molecule has 1 aromatic carbocycles. The van der Waals surface area contributed by atoms with E-state index in [-0.39, 0.29) is 11.9 Å². The molecule has 0 radical (unpaired) electrons. The minimum Gasteiger partial charge on any atom is -0.393 e. The first-order chi connectivity index (χ1) is 14.1. The molecule has 0 aliphatic carbocycles. The number of anilines is 1. The van der Waals surface area contributed by atoms with Gasteiger partial charge in [0, 0.05) is 37.0 Å². The lowest BCUT2D eigenvalue weighted by Gasteiger charge is -2.31. The molecular weight excluding hydrogens is 387 g/mol. The van der Waals surface area contributed by atoms with Gasteiger partial charge in [0.15, 0.2) is 5.96 Å². The molecule has 0 bridgehead atoms. The van der Waals surface area contributed by atoms with Crippen molar-refractivity contribution in [3.63, 3.8) is 0 Å². The Labute approximate surface area is 176 Å². The van der Waals surface area contributed by atoms with E-state index in [1.807, 2.05) is 24.0 Å². The van der Waals surface area contributed by atoms with Crippen LogP contribution in [0.5, 0.6) is 0 Å². The van der Waals surface area contributed by atoms with Gasteiger partial charge in [-0.25, -0.2) is 9.38 Å². The standard InChI is InChI=1S/C22H31FN4OS/c1-3-24-22(25-14-16(2)21-5-4-12-29-21)26-15-17-6-7-20(19(23)13-17)27-10-8-18(28)9-11-27/h4-7,12-13,16,18,28H,3,8-11,14-15H2,1-2H3,(H2,24,25,26). The summed E-state index contributed by atoms with van der Waals surface area (Å²) in [6.07, 6.45) is 1.11. The maximum atomic E-state index is 14.6. The van der Waals surface area contributed by atoms with Gasteiger partial charge in [0.25, 0.3) is 0 Å². The Bertz CT molecular complexity index is 788. The van der Waals surface area contributed by atoms with E-state index in [9.17, 15) is 9.50 Å². The molecule has 2 aromatic rings. The Morgan fingerprint density at radius 2 is 2.10 bits per heavy atom. The number of hydrogen-bond acceptors (Lipinski definition) is 4. The molecule has 158 valence electrons. The number of benzene rings is 1. The first-order valence-corrected chi connectivity index (χ1v) is 11.2. The van der Waals surface area contributed by atoms with Gasteiger partial charge in [-0.05, 0) is 48.9 Å². The molecule has 0 saturated carbocycles. The summed E-state index contributed by atoms with van der Waals surface area (Å²) < 4.78 is 14.6. The van der Waals surface area contributed by atoms with Gasteiger partial charge in [0.1, 0.15) is 5.82 Å². The van der Waals surface area contributed by atoms with Crippen molar-refractivity contribution in [2.24, 2.45) is 4.99 Å². The Morgan fingerprint density at radius 1 is 1.31 bits per heavy atom. The zero-order chi connectivity index (χ0) is 20.6. The summed E-state index contributed by atoms with van der Waals surface area (Å²) in [5.74, 6) is 0.919. The first-order valence-electron chi connectivity index (χ1n) is 10.3. The summed E-state index contributed by atoms with van der Waals surface area (Å²) in [6.45, 7) is 7.57. The van der Waals surface area contributed by atoms with Crippen LogP contribution in [0.25, 0.3) is 0 Å². The van der Waals surface area contributed by atoms with E-state index in [0.717, 1.165) is 24.6 Å². The second-order valence-electron chi connectivity index (χ2n) is 7.50. The van der Waals surface area contributed by atoms with Gasteiger partial charge >= 0.3 is 0 Å².